The molecule has 8 bridgehead atoms. The van der Waals surface area contributed by atoms with Gasteiger partial charge < -0.3 is 59.8 Å². The van der Waals surface area contributed by atoms with Crippen LogP contribution in [0.5, 0.6) is 46.0 Å². The van der Waals surface area contributed by atoms with E-state index < -0.39 is 17.8 Å². The Balaban J connectivity index is 1.46. The lowest BCUT2D eigenvalue weighted by molar-refractivity contribution is 0.0727. The first-order valence-electron chi connectivity index (χ1n) is 30.4. The minimum absolute atomic E-state index is 0.0568. The number of unbranched alkanes of at least 4 members (excludes halogenated alkanes) is 8. The molecule has 8 N–H and O–H groups in total. The molecule has 16 heteroatoms. The van der Waals surface area contributed by atoms with Crippen molar-refractivity contribution in [3.05, 3.63) is 91.0 Å². The number of hydrogen-bond donors (Lipinski definition) is 8. The molecule has 4 aromatic rings. The third-order valence-electron chi connectivity index (χ3n) is 17.8. The number of hydrogen-bond acceptors (Lipinski definition) is 16. The molecule has 16 nitrogen and oxygen atoms in total. The van der Waals surface area contributed by atoms with Crippen LogP contribution in [-0.4, -0.2) is 140 Å². The Hall–Kier alpha value is -5.04. The quantitative estimate of drug-likeness (QED) is 0.0307. The van der Waals surface area contributed by atoms with E-state index in [4.69, 9.17) is 18.9 Å². The van der Waals surface area contributed by atoms with Crippen molar-refractivity contribution >= 4 is 0 Å². The monoisotopic (exact) mass is 1110 g/mol. The van der Waals surface area contributed by atoms with Crippen LogP contribution in [0.4, 0.5) is 0 Å². The molecule has 0 spiro atoms. The first-order chi connectivity index (χ1) is 39.0. The molecule has 0 amide bonds. The van der Waals surface area contributed by atoms with Gasteiger partial charge >= 0.3 is 0 Å². The van der Waals surface area contributed by atoms with Gasteiger partial charge in [0.05, 0.1) is 43.1 Å². The lowest BCUT2D eigenvalue weighted by Crippen LogP contribution is -2.36. The lowest BCUT2D eigenvalue weighted by atomic mass is 9.74. The van der Waals surface area contributed by atoms with Gasteiger partial charge in [0.15, 0.2) is 11.5 Å². The van der Waals surface area contributed by atoms with Crippen molar-refractivity contribution in [2.24, 2.45) is 0 Å². The van der Waals surface area contributed by atoms with Crippen LogP contribution in [0, 0.1) is 0 Å². The molecule has 0 saturated carbocycles. The first kappa shape index (κ1) is 59.6. The van der Waals surface area contributed by atoms with Crippen molar-refractivity contribution in [1.82, 2.24) is 19.6 Å². The van der Waals surface area contributed by atoms with Gasteiger partial charge in [-0.2, -0.15) is 0 Å². The van der Waals surface area contributed by atoms with E-state index in [0.29, 0.717) is 140 Å². The Morgan fingerprint density at radius 3 is 0.912 bits per heavy atom. The number of phenols is 4. The maximum Gasteiger partial charge on any atom is 0.168 e. The summed E-state index contributed by atoms with van der Waals surface area (Å²) in [5, 5.41) is 93.9. The average Bonchev–Trinajstić information content (AvgIpc) is 3.46. The molecule has 80 heavy (non-hydrogen) atoms. The molecule has 0 radical (unpaired) electrons. The maximum atomic E-state index is 13.2. The zero-order chi connectivity index (χ0) is 56.5. The van der Waals surface area contributed by atoms with Gasteiger partial charge in [0.25, 0.3) is 0 Å². The molecule has 0 fully saturated rings. The highest BCUT2D eigenvalue weighted by Crippen LogP contribution is 2.58. The Morgan fingerprint density at radius 1 is 0.338 bits per heavy atom. The highest BCUT2D eigenvalue weighted by molar-refractivity contribution is 5.69. The number of nitrogens with zero attached hydrogens (tertiary/aromatic N) is 4. The molecule has 5 aliphatic rings. The minimum atomic E-state index is -0.541. The van der Waals surface area contributed by atoms with E-state index in [1.165, 1.54) is 0 Å². The largest absolute Gasteiger partial charge is 0.507 e. The molecule has 440 valence electrons. The molecule has 1 aliphatic carbocycles. The van der Waals surface area contributed by atoms with Crippen molar-refractivity contribution in [3.63, 3.8) is 0 Å². The Labute approximate surface area is 474 Å². The topological polar surface area (TPSA) is 212 Å². The summed E-state index contributed by atoms with van der Waals surface area (Å²) in [4.78, 5) is 8.03. The normalized spacial score (nSPS) is 20.2. The second kappa shape index (κ2) is 27.8. The number of phenolic OH excluding ortho intramolecular Hbond substituents is 4. The first-order valence-corrected chi connectivity index (χ1v) is 30.4. The molecule has 4 aliphatic heterocycles. The van der Waals surface area contributed by atoms with Gasteiger partial charge in [0.1, 0.15) is 61.4 Å². The summed E-state index contributed by atoms with van der Waals surface area (Å²) < 4.78 is 27.3. The Kier molecular flexibility index (Phi) is 20.7. The predicted molar refractivity (Wildman–Crippen MR) is 308 cm³/mol. The van der Waals surface area contributed by atoms with Crippen molar-refractivity contribution in [3.8, 4) is 46.0 Å². The third-order valence-corrected chi connectivity index (χ3v) is 17.8. The van der Waals surface area contributed by atoms with Gasteiger partial charge in [0, 0.05) is 121 Å². The number of benzene rings is 4. The molecule has 0 aromatic heterocycles. The second-order valence-electron chi connectivity index (χ2n) is 23.2. The number of aliphatic hydroxyl groups excluding tert-OH is 4. The van der Waals surface area contributed by atoms with Crippen LogP contribution in [0.25, 0.3) is 0 Å². The van der Waals surface area contributed by atoms with E-state index in [1.807, 2.05) is 14.7 Å². The van der Waals surface area contributed by atoms with Crippen molar-refractivity contribution in [2.45, 2.75) is 180 Å². The zero-order valence-electron chi connectivity index (χ0n) is 48.2. The summed E-state index contributed by atoms with van der Waals surface area (Å²) in [6.45, 7) is 11.8. The molecule has 4 heterocycles. The fourth-order valence-electron chi connectivity index (χ4n) is 13.6. The number of ether oxygens (including phenoxy) is 4. The second-order valence-corrected chi connectivity index (χ2v) is 23.2. The van der Waals surface area contributed by atoms with E-state index in [1.54, 1.807) is 0 Å². The minimum Gasteiger partial charge on any atom is -0.507 e. The standard InChI is InChI=1S/C64H92N4O12/c1-5-9-13-17-41-45-29-49(60(76)64-53(45)33-65(21-25-69)40-80-64)44(20-16-12-8-4)52-32-48(59(75)56-36-68(24-28-72)39-79-63(52)56)43(19-15-11-7-3)51-31-47(58(74)55-35-67(23-27-71)38-78-62(51)55)42(18-14-10-6-2)46-30-50(41)61-54(57(46)73)34-66(22-26-70)37-77-61/h29-32,41-44,69-76H,5-28,33-40H2,1-4H3. The van der Waals surface area contributed by atoms with Crippen LogP contribution >= 0.6 is 0 Å². The number of fused-ring (bicyclic) bond motifs is 16. The highest BCUT2D eigenvalue weighted by Gasteiger charge is 2.41. The zero-order valence-corrected chi connectivity index (χ0v) is 48.2. The molecule has 4 aromatic carbocycles. The smallest absolute Gasteiger partial charge is 0.168 e. The molecule has 4 atom stereocenters. The van der Waals surface area contributed by atoms with E-state index in [2.05, 4.69) is 56.9 Å². The van der Waals surface area contributed by atoms with E-state index in [0.717, 1.165) is 105 Å². The molecule has 0 saturated heterocycles. The Bertz CT molecular complexity index is 2740. The Morgan fingerprint density at radius 2 is 0.600 bits per heavy atom. The lowest BCUT2D eigenvalue weighted by Gasteiger charge is -2.38. The SMILES string of the molecule is CCCCCC1c2cc(c3c(c2O)CN(CCO)CO3)C(CCCCC)c2cc(c3c(c2O)CN(CCO)CO3)C(CCCCC)c2cc(c3c(c2O)OCN(CCO)C3)C(CCCCC)c2cc1c(O)c1c2OCN(CCO)C1. The van der Waals surface area contributed by atoms with Gasteiger partial charge in [0.2, 0.25) is 0 Å². The van der Waals surface area contributed by atoms with E-state index in [-0.39, 0.29) is 82.3 Å². The summed E-state index contributed by atoms with van der Waals surface area (Å²) in [6.07, 6.45) is 13.5. The number of aliphatic hydroxyl groups is 4. The van der Waals surface area contributed by atoms with Crippen LogP contribution in [0.2, 0.25) is 0 Å². The van der Waals surface area contributed by atoms with Crippen LogP contribution in [0.1, 0.15) is 221 Å². The summed E-state index contributed by atoms with van der Waals surface area (Å²) in [5.41, 5.74) is 8.86. The third kappa shape index (κ3) is 12.3. The summed E-state index contributed by atoms with van der Waals surface area (Å²) >= 11 is 0. The van der Waals surface area contributed by atoms with E-state index >= 15 is 0 Å². The molecular formula is C64H92N4O12. The van der Waals surface area contributed by atoms with Crippen LogP contribution in [0.15, 0.2) is 24.3 Å². The van der Waals surface area contributed by atoms with Crippen LogP contribution in [-0.2, 0) is 26.2 Å². The molecular weight excluding hydrogens is 1020 g/mol. The average molecular weight is 1110 g/mol. The van der Waals surface area contributed by atoms with Gasteiger partial charge in [-0.15, -0.1) is 0 Å². The van der Waals surface area contributed by atoms with Crippen molar-refractivity contribution in [2.75, 3.05) is 79.5 Å². The fourth-order valence-corrected chi connectivity index (χ4v) is 13.6. The fraction of sp³-hybridized carbons (Fsp3) is 0.625. The molecule has 4 unspecified atom stereocenters. The van der Waals surface area contributed by atoms with Crippen LogP contribution < -0.4 is 18.9 Å². The van der Waals surface area contributed by atoms with Gasteiger partial charge in [-0.05, 0) is 49.4 Å². The number of β-amino-alcohol motifs (C(OH)–C–C–N with tert-alkyl or cyclic N) is 4. The van der Waals surface area contributed by atoms with Gasteiger partial charge in [-0.3, -0.25) is 19.6 Å². The summed E-state index contributed by atoms with van der Waals surface area (Å²) in [5.74, 6) is 0.637. The predicted octanol–water partition coefficient (Wildman–Crippen LogP) is 10.2. The number of aromatic hydroxyl groups is 4. The van der Waals surface area contributed by atoms with Crippen molar-refractivity contribution in [1.29, 1.82) is 0 Å². The highest BCUT2D eigenvalue weighted by atomic mass is 16.5. The molecule has 9 rings (SSSR count). The van der Waals surface area contributed by atoms with E-state index in [9.17, 15) is 40.9 Å². The number of rotatable bonds is 24. The maximum absolute atomic E-state index is 13.2. The summed E-state index contributed by atoms with van der Waals surface area (Å²) in [6, 6.07) is 8.58. The van der Waals surface area contributed by atoms with Crippen molar-refractivity contribution < 1.29 is 59.8 Å². The van der Waals surface area contributed by atoms with Crippen LogP contribution in [0.3, 0.4) is 0 Å². The summed E-state index contributed by atoms with van der Waals surface area (Å²) in [7, 11) is 0. The van der Waals surface area contributed by atoms with Gasteiger partial charge in [-0.1, -0.05) is 111 Å². The van der Waals surface area contributed by atoms with Gasteiger partial charge in [-0.25, -0.2) is 0 Å².